The summed E-state index contributed by atoms with van der Waals surface area (Å²) in [6.07, 6.45) is 1.47. The summed E-state index contributed by atoms with van der Waals surface area (Å²) in [5.41, 5.74) is 1.35. The fourth-order valence-electron chi connectivity index (χ4n) is 1.69. The molecule has 0 bridgehead atoms. The van der Waals surface area contributed by atoms with E-state index in [4.69, 9.17) is 11.6 Å². The first kappa shape index (κ1) is 15.0. The topological polar surface area (TPSA) is 71.1 Å². The van der Waals surface area contributed by atoms with Crippen molar-refractivity contribution in [2.45, 2.75) is 6.92 Å². The highest BCUT2D eigenvalue weighted by atomic mass is 35.5. The van der Waals surface area contributed by atoms with Crippen molar-refractivity contribution in [2.24, 2.45) is 0 Å². The van der Waals surface area contributed by atoms with Crippen LogP contribution >= 0.6 is 11.6 Å². The number of amides is 2. The van der Waals surface area contributed by atoms with E-state index in [1.807, 2.05) is 6.92 Å². The summed E-state index contributed by atoms with van der Waals surface area (Å²) in [6.45, 7) is 2.42. The lowest BCUT2D eigenvalue weighted by molar-refractivity contribution is 0.0955. The zero-order valence-corrected chi connectivity index (χ0v) is 12.1. The molecule has 2 amide bonds. The number of aromatic nitrogens is 1. The van der Waals surface area contributed by atoms with Crippen LogP contribution in [-0.4, -0.2) is 23.3 Å². The van der Waals surface area contributed by atoms with Crippen LogP contribution in [0.15, 0.2) is 42.6 Å². The van der Waals surface area contributed by atoms with Crippen LogP contribution in [0.5, 0.6) is 0 Å². The Balaban J connectivity index is 2.06. The first-order chi connectivity index (χ1) is 10.1. The average molecular weight is 304 g/mol. The Labute approximate surface area is 127 Å². The molecular formula is C15H14ClN3O2. The minimum Gasteiger partial charge on any atom is -0.352 e. The minimum atomic E-state index is -0.358. The molecule has 2 aromatic rings. The second kappa shape index (κ2) is 6.85. The largest absolute Gasteiger partial charge is 0.352 e. The molecule has 1 aromatic heterocycles. The van der Waals surface area contributed by atoms with Gasteiger partial charge in [0.05, 0.1) is 0 Å². The van der Waals surface area contributed by atoms with E-state index < -0.39 is 0 Å². The van der Waals surface area contributed by atoms with Crippen LogP contribution in [0, 0.1) is 0 Å². The highest BCUT2D eigenvalue weighted by Crippen LogP contribution is 2.13. The van der Waals surface area contributed by atoms with Gasteiger partial charge in [-0.05, 0) is 43.3 Å². The normalized spacial score (nSPS) is 10.0. The highest BCUT2D eigenvalue weighted by Gasteiger charge is 2.09. The molecule has 1 heterocycles. The lowest BCUT2D eigenvalue weighted by atomic mass is 10.2. The Bertz CT molecular complexity index is 656. The van der Waals surface area contributed by atoms with Gasteiger partial charge < -0.3 is 10.6 Å². The van der Waals surface area contributed by atoms with E-state index in [1.54, 1.807) is 30.3 Å². The number of benzene rings is 1. The van der Waals surface area contributed by atoms with E-state index >= 15 is 0 Å². The maximum absolute atomic E-state index is 12.0. The molecule has 6 heteroatoms. The van der Waals surface area contributed by atoms with Gasteiger partial charge in [-0.15, -0.1) is 0 Å². The average Bonchev–Trinajstić information content (AvgIpc) is 2.48. The number of carbonyl (C=O) groups excluding carboxylic acids is 2. The van der Waals surface area contributed by atoms with E-state index in [-0.39, 0.29) is 17.5 Å². The summed E-state index contributed by atoms with van der Waals surface area (Å²) in [6, 6.07) is 9.69. The second-order valence-corrected chi connectivity index (χ2v) is 4.69. The highest BCUT2D eigenvalue weighted by molar-refractivity contribution is 6.30. The molecule has 0 radical (unpaired) electrons. The summed E-state index contributed by atoms with van der Waals surface area (Å²) in [4.78, 5) is 27.5. The molecule has 0 atom stereocenters. The minimum absolute atomic E-state index is 0.146. The third-order valence-corrected chi connectivity index (χ3v) is 2.93. The predicted molar refractivity (Wildman–Crippen MR) is 81.6 cm³/mol. The van der Waals surface area contributed by atoms with Crippen LogP contribution in [0.25, 0.3) is 0 Å². The molecule has 0 unspecified atom stereocenters. The van der Waals surface area contributed by atoms with Crippen molar-refractivity contribution in [3.8, 4) is 0 Å². The van der Waals surface area contributed by atoms with Crippen molar-refractivity contribution in [3.63, 3.8) is 0 Å². The maximum atomic E-state index is 12.0. The van der Waals surface area contributed by atoms with Gasteiger partial charge in [0.1, 0.15) is 5.69 Å². The monoisotopic (exact) mass is 303 g/mol. The van der Waals surface area contributed by atoms with Crippen LogP contribution in [0.4, 0.5) is 5.69 Å². The summed E-state index contributed by atoms with van der Waals surface area (Å²) < 4.78 is 0. The molecule has 0 saturated heterocycles. The zero-order valence-electron chi connectivity index (χ0n) is 11.4. The van der Waals surface area contributed by atoms with Crippen LogP contribution in [0.3, 0.4) is 0 Å². The molecule has 0 saturated carbocycles. The Hall–Kier alpha value is -2.40. The van der Waals surface area contributed by atoms with Crippen molar-refractivity contribution in [1.82, 2.24) is 10.3 Å². The number of carbonyl (C=O) groups is 2. The quantitative estimate of drug-likeness (QED) is 0.912. The molecule has 0 aliphatic carbocycles. The lowest BCUT2D eigenvalue weighted by Gasteiger charge is -2.06. The number of pyridine rings is 1. The van der Waals surface area contributed by atoms with Crippen LogP contribution in [0.2, 0.25) is 5.02 Å². The van der Waals surface area contributed by atoms with E-state index in [2.05, 4.69) is 15.6 Å². The number of halogens is 1. The third-order valence-electron chi connectivity index (χ3n) is 2.70. The molecule has 0 aliphatic heterocycles. The molecule has 1 aromatic carbocycles. The third kappa shape index (κ3) is 4.03. The fourth-order valence-corrected chi connectivity index (χ4v) is 1.85. The lowest BCUT2D eigenvalue weighted by Crippen LogP contribution is -2.22. The summed E-state index contributed by atoms with van der Waals surface area (Å²) in [5, 5.41) is 5.84. The Morgan fingerprint density at radius 3 is 2.48 bits per heavy atom. The number of anilines is 1. The number of nitrogens with zero attached hydrogens (tertiary/aromatic N) is 1. The Morgan fingerprint density at radius 1 is 1.14 bits per heavy atom. The first-order valence-electron chi connectivity index (χ1n) is 6.41. The van der Waals surface area contributed by atoms with Crippen LogP contribution < -0.4 is 10.6 Å². The summed E-state index contributed by atoms with van der Waals surface area (Å²) >= 11 is 5.81. The van der Waals surface area contributed by atoms with E-state index in [9.17, 15) is 9.59 Å². The zero-order chi connectivity index (χ0) is 15.2. The molecule has 2 rings (SSSR count). The molecule has 2 N–H and O–H groups in total. The van der Waals surface area contributed by atoms with Gasteiger partial charge in [0.2, 0.25) is 0 Å². The predicted octanol–water partition coefficient (Wildman–Crippen LogP) is 2.74. The van der Waals surface area contributed by atoms with Gasteiger partial charge in [-0.25, -0.2) is 0 Å². The number of hydrogen-bond donors (Lipinski definition) is 2. The fraction of sp³-hybridized carbons (Fsp3) is 0.133. The van der Waals surface area contributed by atoms with Gasteiger partial charge in [-0.3, -0.25) is 14.6 Å². The number of hydrogen-bond acceptors (Lipinski definition) is 3. The molecular weight excluding hydrogens is 290 g/mol. The van der Waals surface area contributed by atoms with Crippen molar-refractivity contribution in [3.05, 3.63) is 58.9 Å². The molecule has 5 nitrogen and oxygen atoms in total. The van der Waals surface area contributed by atoms with Crippen molar-refractivity contribution in [2.75, 3.05) is 11.9 Å². The van der Waals surface area contributed by atoms with Crippen molar-refractivity contribution in [1.29, 1.82) is 0 Å². The van der Waals surface area contributed by atoms with Gasteiger partial charge in [0.15, 0.2) is 0 Å². The standard InChI is InChI=1S/C15H14ClN3O2/c1-2-17-14(20)10-3-5-12(6-4-10)19-15(21)13-9-11(16)7-8-18-13/h3-9H,2H2,1H3,(H,17,20)(H,19,21). The van der Waals surface area contributed by atoms with Gasteiger partial charge in [-0.2, -0.15) is 0 Å². The molecule has 108 valence electrons. The Morgan fingerprint density at radius 2 is 1.86 bits per heavy atom. The van der Waals surface area contributed by atoms with Gasteiger partial charge in [0.25, 0.3) is 11.8 Å². The number of rotatable bonds is 4. The molecule has 21 heavy (non-hydrogen) atoms. The second-order valence-electron chi connectivity index (χ2n) is 4.25. The van der Waals surface area contributed by atoms with Gasteiger partial charge in [0, 0.05) is 29.0 Å². The first-order valence-corrected chi connectivity index (χ1v) is 6.79. The SMILES string of the molecule is CCNC(=O)c1ccc(NC(=O)c2cc(Cl)ccn2)cc1. The maximum Gasteiger partial charge on any atom is 0.274 e. The summed E-state index contributed by atoms with van der Waals surface area (Å²) in [5.74, 6) is -0.504. The molecule has 0 fully saturated rings. The molecule has 0 aliphatic rings. The van der Waals surface area contributed by atoms with Gasteiger partial charge in [-0.1, -0.05) is 11.6 Å². The smallest absolute Gasteiger partial charge is 0.274 e. The summed E-state index contributed by atoms with van der Waals surface area (Å²) in [7, 11) is 0. The van der Waals surface area contributed by atoms with Crippen molar-refractivity contribution >= 4 is 29.1 Å². The van der Waals surface area contributed by atoms with Crippen molar-refractivity contribution < 1.29 is 9.59 Å². The van der Waals surface area contributed by atoms with E-state index in [1.165, 1.54) is 12.3 Å². The Kier molecular flexibility index (Phi) is 4.90. The van der Waals surface area contributed by atoms with Crippen LogP contribution in [-0.2, 0) is 0 Å². The van der Waals surface area contributed by atoms with Crippen LogP contribution in [0.1, 0.15) is 27.8 Å². The molecule has 0 spiro atoms. The van der Waals surface area contributed by atoms with Gasteiger partial charge >= 0.3 is 0 Å². The van der Waals surface area contributed by atoms with E-state index in [0.29, 0.717) is 22.8 Å². The number of nitrogens with one attached hydrogen (secondary N) is 2. The van der Waals surface area contributed by atoms with E-state index in [0.717, 1.165) is 0 Å².